The monoisotopic (exact) mass is 387 g/mol. The van der Waals surface area contributed by atoms with Crippen LogP contribution < -0.4 is 0 Å². The molecule has 0 spiro atoms. The second-order valence-corrected chi connectivity index (χ2v) is 8.73. The smallest absolute Gasteiger partial charge is 0.222 e. The van der Waals surface area contributed by atoms with Crippen LogP contribution in [0.25, 0.3) is 0 Å². The summed E-state index contributed by atoms with van der Waals surface area (Å²) < 4.78 is 2.25. The topological polar surface area (TPSA) is 71.3 Å². The molecule has 28 heavy (non-hydrogen) atoms. The predicted octanol–water partition coefficient (Wildman–Crippen LogP) is 2.36. The second-order valence-electron chi connectivity index (χ2n) is 8.73. The van der Waals surface area contributed by atoms with Crippen molar-refractivity contribution < 1.29 is 9.59 Å². The summed E-state index contributed by atoms with van der Waals surface area (Å²) in [5, 5.41) is 8.94. The number of hydrogen-bond donors (Lipinski definition) is 0. The standard InChI is InChI=1S/C21H33N5O2/c1-16(27)24-11-8-18(9-12-24)21-23-22-19-10-13-25(14-15-26(19)21)20(28)7-6-17-4-2-3-5-17/h17-18H,2-15H2,1H3. The number of likely N-dealkylation sites (tertiary alicyclic amines) is 1. The van der Waals surface area contributed by atoms with Gasteiger partial charge in [0.1, 0.15) is 11.6 Å². The SMILES string of the molecule is CC(=O)N1CCC(c2nnc3n2CCN(C(=O)CCC2CCCC2)CC3)CC1. The first-order valence-corrected chi connectivity index (χ1v) is 11.1. The van der Waals surface area contributed by atoms with Crippen LogP contribution in [0.5, 0.6) is 0 Å². The molecule has 1 saturated heterocycles. The fourth-order valence-electron chi connectivity index (χ4n) is 5.13. The molecule has 1 saturated carbocycles. The molecule has 0 unspecified atom stereocenters. The Morgan fingerprint density at radius 3 is 2.39 bits per heavy atom. The minimum atomic E-state index is 0.158. The van der Waals surface area contributed by atoms with Crippen molar-refractivity contribution in [2.24, 2.45) is 5.92 Å². The van der Waals surface area contributed by atoms with E-state index in [1.54, 1.807) is 6.92 Å². The van der Waals surface area contributed by atoms with Crippen LogP contribution in [0.2, 0.25) is 0 Å². The molecule has 3 aliphatic rings. The third-order valence-corrected chi connectivity index (χ3v) is 6.95. The lowest BCUT2D eigenvalue weighted by atomic mass is 9.96. The summed E-state index contributed by atoms with van der Waals surface area (Å²) in [6.07, 6.45) is 9.72. The Balaban J connectivity index is 1.33. The number of nitrogens with zero attached hydrogens (tertiary/aromatic N) is 5. The average Bonchev–Trinajstić information content (AvgIpc) is 3.32. The van der Waals surface area contributed by atoms with Crippen molar-refractivity contribution in [2.75, 3.05) is 26.2 Å². The molecule has 7 heteroatoms. The Kier molecular flexibility index (Phi) is 5.97. The maximum atomic E-state index is 12.7. The van der Waals surface area contributed by atoms with Gasteiger partial charge in [0, 0.05) is 58.4 Å². The van der Waals surface area contributed by atoms with E-state index in [0.29, 0.717) is 18.2 Å². The molecule has 3 heterocycles. The summed E-state index contributed by atoms with van der Waals surface area (Å²) in [7, 11) is 0. The predicted molar refractivity (Wildman–Crippen MR) is 106 cm³/mol. The van der Waals surface area contributed by atoms with Crippen LogP contribution in [0.1, 0.15) is 75.9 Å². The lowest BCUT2D eigenvalue weighted by Crippen LogP contribution is -2.37. The minimum absolute atomic E-state index is 0.158. The molecule has 0 atom stereocenters. The van der Waals surface area contributed by atoms with Crippen molar-refractivity contribution >= 4 is 11.8 Å². The number of piperidine rings is 1. The highest BCUT2D eigenvalue weighted by molar-refractivity contribution is 5.76. The van der Waals surface area contributed by atoms with Gasteiger partial charge in [-0.15, -0.1) is 10.2 Å². The number of carbonyl (C=O) groups excluding carboxylic acids is 2. The normalized spacial score (nSPS) is 21.6. The van der Waals surface area contributed by atoms with Crippen LogP contribution in [-0.2, 0) is 22.6 Å². The zero-order valence-corrected chi connectivity index (χ0v) is 17.1. The molecular weight excluding hydrogens is 354 g/mol. The molecule has 0 N–H and O–H groups in total. The van der Waals surface area contributed by atoms with Gasteiger partial charge in [-0.05, 0) is 25.2 Å². The van der Waals surface area contributed by atoms with E-state index in [0.717, 1.165) is 76.0 Å². The third-order valence-electron chi connectivity index (χ3n) is 6.95. The van der Waals surface area contributed by atoms with Crippen LogP contribution in [0, 0.1) is 5.92 Å². The molecule has 1 aliphatic carbocycles. The molecule has 154 valence electrons. The van der Waals surface area contributed by atoms with Crippen molar-refractivity contribution in [1.29, 1.82) is 0 Å². The molecule has 0 aromatic carbocycles. The Morgan fingerprint density at radius 1 is 0.929 bits per heavy atom. The van der Waals surface area contributed by atoms with Crippen molar-refractivity contribution in [3.8, 4) is 0 Å². The first-order chi connectivity index (χ1) is 13.6. The van der Waals surface area contributed by atoms with Gasteiger partial charge < -0.3 is 14.4 Å². The first-order valence-electron chi connectivity index (χ1n) is 11.1. The highest BCUT2D eigenvalue weighted by Crippen LogP contribution is 2.30. The van der Waals surface area contributed by atoms with Crippen LogP contribution in [0.15, 0.2) is 0 Å². The van der Waals surface area contributed by atoms with E-state index in [2.05, 4.69) is 14.8 Å². The quantitative estimate of drug-likeness (QED) is 0.795. The molecule has 1 aromatic rings. The summed E-state index contributed by atoms with van der Waals surface area (Å²) in [6.45, 7) is 5.54. The Hall–Kier alpha value is -1.92. The van der Waals surface area contributed by atoms with E-state index in [9.17, 15) is 9.59 Å². The Morgan fingerprint density at radius 2 is 1.68 bits per heavy atom. The number of aromatic nitrogens is 3. The fraction of sp³-hybridized carbons (Fsp3) is 0.810. The molecule has 1 aromatic heterocycles. The Bertz CT molecular complexity index is 702. The van der Waals surface area contributed by atoms with E-state index in [1.807, 2.05) is 9.80 Å². The number of hydrogen-bond acceptors (Lipinski definition) is 4. The summed E-state index contributed by atoms with van der Waals surface area (Å²) in [4.78, 5) is 28.2. The molecular formula is C21H33N5O2. The lowest BCUT2D eigenvalue weighted by Gasteiger charge is -2.31. The third kappa shape index (κ3) is 4.23. The van der Waals surface area contributed by atoms with Gasteiger partial charge in [0.2, 0.25) is 11.8 Å². The van der Waals surface area contributed by atoms with Gasteiger partial charge in [0.05, 0.1) is 0 Å². The van der Waals surface area contributed by atoms with Crippen molar-refractivity contribution in [2.45, 2.75) is 77.2 Å². The van der Waals surface area contributed by atoms with E-state index in [4.69, 9.17) is 0 Å². The van der Waals surface area contributed by atoms with Crippen LogP contribution in [0.4, 0.5) is 0 Å². The summed E-state index contributed by atoms with van der Waals surface area (Å²) in [6, 6.07) is 0. The fourth-order valence-corrected chi connectivity index (χ4v) is 5.13. The first kappa shape index (κ1) is 19.4. The highest BCUT2D eigenvalue weighted by Gasteiger charge is 2.29. The van der Waals surface area contributed by atoms with Gasteiger partial charge in [-0.2, -0.15) is 0 Å². The zero-order chi connectivity index (χ0) is 19.5. The van der Waals surface area contributed by atoms with Crippen molar-refractivity contribution in [1.82, 2.24) is 24.6 Å². The summed E-state index contributed by atoms with van der Waals surface area (Å²) >= 11 is 0. The largest absolute Gasteiger partial charge is 0.343 e. The van der Waals surface area contributed by atoms with Gasteiger partial charge in [0.15, 0.2) is 0 Å². The molecule has 4 rings (SSSR count). The van der Waals surface area contributed by atoms with Gasteiger partial charge in [-0.25, -0.2) is 0 Å². The maximum Gasteiger partial charge on any atom is 0.222 e. The molecule has 2 amide bonds. The van der Waals surface area contributed by atoms with E-state index in [1.165, 1.54) is 25.7 Å². The van der Waals surface area contributed by atoms with Gasteiger partial charge in [-0.3, -0.25) is 9.59 Å². The molecule has 7 nitrogen and oxygen atoms in total. The van der Waals surface area contributed by atoms with Crippen LogP contribution in [-0.4, -0.2) is 62.6 Å². The van der Waals surface area contributed by atoms with Crippen molar-refractivity contribution in [3.63, 3.8) is 0 Å². The number of amides is 2. The maximum absolute atomic E-state index is 12.7. The molecule has 2 aliphatic heterocycles. The second kappa shape index (κ2) is 8.62. The molecule has 0 bridgehead atoms. The van der Waals surface area contributed by atoms with Crippen molar-refractivity contribution in [3.05, 3.63) is 11.6 Å². The Labute approximate surface area is 167 Å². The highest BCUT2D eigenvalue weighted by atomic mass is 16.2. The van der Waals surface area contributed by atoms with Crippen LogP contribution in [0.3, 0.4) is 0 Å². The van der Waals surface area contributed by atoms with E-state index >= 15 is 0 Å². The van der Waals surface area contributed by atoms with E-state index < -0.39 is 0 Å². The van der Waals surface area contributed by atoms with Crippen LogP contribution >= 0.6 is 0 Å². The van der Waals surface area contributed by atoms with Gasteiger partial charge in [0.25, 0.3) is 0 Å². The molecule has 2 fully saturated rings. The summed E-state index contributed by atoms with van der Waals surface area (Å²) in [5.41, 5.74) is 0. The van der Waals surface area contributed by atoms with Gasteiger partial charge >= 0.3 is 0 Å². The number of rotatable bonds is 4. The summed E-state index contributed by atoms with van der Waals surface area (Å²) in [5.74, 6) is 3.66. The molecule has 0 radical (unpaired) electrons. The van der Waals surface area contributed by atoms with Gasteiger partial charge in [-0.1, -0.05) is 25.7 Å². The minimum Gasteiger partial charge on any atom is -0.343 e. The van der Waals surface area contributed by atoms with E-state index in [-0.39, 0.29) is 5.91 Å². The number of carbonyl (C=O) groups is 2. The lowest BCUT2D eigenvalue weighted by molar-refractivity contribution is -0.131. The zero-order valence-electron chi connectivity index (χ0n) is 17.1. The number of fused-ring (bicyclic) bond motifs is 1. The average molecular weight is 388 g/mol.